The van der Waals surface area contributed by atoms with Gasteiger partial charge in [-0.25, -0.2) is 0 Å². The Morgan fingerprint density at radius 2 is 1.38 bits per heavy atom. The van der Waals surface area contributed by atoms with Crippen LogP contribution in [0.3, 0.4) is 0 Å². The van der Waals surface area contributed by atoms with Crippen molar-refractivity contribution in [2.24, 2.45) is 5.73 Å². The van der Waals surface area contributed by atoms with E-state index in [-0.39, 0.29) is 11.7 Å². The van der Waals surface area contributed by atoms with Gasteiger partial charge in [-0.15, -0.1) is 0 Å². The molecule has 0 spiro atoms. The van der Waals surface area contributed by atoms with Crippen LogP contribution in [0.15, 0.2) is 95.4 Å². The van der Waals surface area contributed by atoms with E-state index in [1.165, 1.54) is 0 Å². The van der Waals surface area contributed by atoms with Gasteiger partial charge in [-0.05, 0) is 47.0 Å². The van der Waals surface area contributed by atoms with Crippen LogP contribution in [0.5, 0.6) is 0 Å². The van der Waals surface area contributed by atoms with Crippen molar-refractivity contribution in [3.8, 4) is 11.1 Å². The normalized spacial score (nSPS) is 11.4. The molecular formula is C29H21N3O2. The van der Waals surface area contributed by atoms with Crippen molar-refractivity contribution in [1.29, 1.82) is 5.41 Å². The van der Waals surface area contributed by atoms with Crippen molar-refractivity contribution in [2.45, 2.75) is 6.54 Å². The van der Waals surface area contributed by atoms with Gasteiger partial charge >= 0.3 is 0 Å². The van der Waals surface area contributed by atoms with Crippen molar-refractivity contribution in [3.05, 3.63) is 108 Å². The molecule has 0 fully saturated rings. The van der Waals surface area contributed by atoms with Crippen molar-refractivity contribution >= 4 is 44.5 Å². The van der Waals surface area contributed by atoms with Crippen LogP contribution >= 0.6 is 0 Å². The molecule has 0 radical (unpaired) electrons. The lowest BCUT2D eigenvalue weighted by Gasteiger charge is -2.07. The minimum absolute atomic E-state index is 0.0260. The second kappa shape index (κ2) is 7.74. The fourth-order valence-electron chi connectivity index (χ4n) is 4.51. The maximum absolute atomic E-state index is 12.9. The fraction of sp³-hybridized carbons (Fsp3) is 0.0345. The largest absolute Gasteiger partial charge is 0.455 e. The van der Waals surface area contributed by atoms with Gasteiger partial charge < -0.3 is 15.5 Å². The molecule has 164 valence electrons. The molecule has 0 atom stereocenters. The highest BCUT2D eigenvalue weighted by atomic mass is 16.3. The van der Waals surface area contributed by atoms with Gasteiger partial charge in [0.1, 0.15) is 17.0 Å². The van der Waals surface area contributed by atoms with E-state index < -0.39 is 0 Å². The van der Waals surface area contributed by atoms with E-state index in [1.807, 2.05) is 48.5 Å². The lowest BCUT2D eigenvalue weighted by atomic mass is 9.97. The minimum Gasteiger partial charge on any atom is -0.455 e. The summed E-state index contributed by atoms with van der Waals surface area (Å²) in [5.41, 5.74) is 11.6. The predicted octanol–water partition coefficient (Wildman–Crippen LogP) is 6.06. The van der Waals surface area contributed by atoms with Crippen molar-refractivity contribution in [2.75, 3.05) is 0 Å². The molecule has 5 heteroatoms. The van der Waals surface area contributed by atoms with E-state index in [4.69, 9.17) is 15.6 Å². The summed E-state index contributed by atoms with van der Waals surface area (Å²) in [6, 6.07) is 29.6. The molecule has 0 aliphatic heterocycles. The SMILES string of the molecule is N=C(N)c1ccc(CNC(=O)c2ccc3c(c2)c2oc3c3ccc(-c4ccccc4)cc32)cc1. The van der Waals surface area contributed by atoms with Crippen LogP contribution in [0.2, 0.25) is 0 Å². The molecule has 0 saturated heterocycles. The molecule has 0 saturated carbocycles. The number of nitrogens with two attached hydrogens (primary N) is 1. The monoisotopic (exact) mass is 443 g/mol. The van der Waals surface area contributed by atoms with Gasteiger partial charge in [0.2, 0.25) is 0 Å². The third-order valence-corrected chi connectivity index (χ3v) is 6.31. The van der Waals surface area contributed by atoms with Crippen LogP contribution in [-0.2, 0) is 6.54 Å². The quantitative estimate of drug-likeness (QED) is 0.172. The number of carbonyl (C=O) groups is 1. The van der Waals surface area contributed by atoms with E-state index >= 15 is 0 Å². The summed E-state index contributed by atoms with van der Waals surface area (Å²) in [6.45, 7) is 0.391. The average molecular weight is 444 g/mol. The molecule has 2 aromatic heterocycles. The highest BCUT2D eigenvalue weighted by Gasteiger charge is 2.19. The fourth-order valence-corrected chi connectivity index (χ4v) is 4.51. The van der Waals surface area contributed by atoms with Gasteiger partial charge in [0.05, 0.1) is 0 Å². The molecule has 34 heavy (non-hydrogen) atoms. The van der Waals surface area contributed by atoms with Crippen LogP contribution in [-0.4, -0.2) is 11.7 Å². The third kappa shape index (κ3) is 3.26. The molecule has 2 bridgehead atoms. The molecule has 6 aromatic rings. The zero-order valence-corrected chi connectivity index (χ0v) is 18.3. The van der Waals surface area contributed by atoms with Crippen molar-refractivity contribution < 1.29 is 9.21 Å². The maximum atomic E-state index is 12.9. The number of nitrogen functional groups attached to an aromatic ring is 1. The molecule has 4 N–H and O–H groups in total. The number of fused-ring (bicyclic) bond motifs is 8. The Morgan fingerprint density at radius 3 is 2.12 bits per heavy atom. The van der Waals surface area contributed by atoms with Gasteiger partial charge in [-0.1, -0.05) is 60.7 Å². The number of nitrogens with one attached hydrogen (secondary N) is 2. The number of amides is 1. The Hall–Kier alpha value is -4.64. The Bertz CT molecular complexity index is 1680. The van der Waals surface area contributed by atoms with Gasteiger partial charge in [-0.2, -0.15) is 0 Å². The molecule has 5 nitrogen and oxygen atoms in total. The first-order valence-electron chi connectivity index (χ1n) is 11.1. The Labute approximate surface area is 195 Å². The molecule has 0 aliphatic carbocycles. The first-order valence-corrected chi connectivity index (χ1v) is 11.1. The van der Waals surface area contributed by atoms with Crippen LogP contribution in [0, 0.1) is 5.41 Å². The summed E-state index contributed by atoms with van der Waals surface area (Å²) in [5, 5.41) is 14.6. The average Bonchev–Trinajstić information content (AvgIpc) is 3.45. The van der Waals surface area contributed by atoms with E-state index in [1.54, 1.807) is 12.1 Å². The third-order valence-electron chi connectivity index (χ3n) is 6.31. The highest BCUT2D eigenvalue weighted by Crippen LogP contribution is 2.42. The topological polar surface area (TPSA) is 92.1 Å². The lowest BCUT2D eigenvalue weighted by molar-refractivity contribution is 0.0951. The lowest BCUT2D eigenvalue weighted by Crippen LogP contribution is -2.22. The number of amidine groups is 1. The molecular weight excluding hydrogens is 422 g/mol. The molecule has 2 heterocycles. The van der Waals surface area contributed by atoms with Gasteiger partial charge in [0.15, 0.2) is 0 Å². The Balaban J connectivity index is 1.31. The number of furan rings is 2. The van der Waals surface area contributed by atoms with Crippen LogP contribution in [0.25, 0.3) is 43.8 Å². The minimum atomic E-state index is -0.148. The molecule has 4 aromatic carbocycles. The highest BCUT2D eigenvalue weighted by molar-refractivity contribution is 6.26. The second-order valence-electron chi connectivity index (χ2n) is 8.44. The number of hydrogen-bond acceptors (Lipinski definition) is 3. The number of rotatable bonds is 5. The van der Waals surface area contributed by atoms with Crippen LogP contribution in [0.4, 0.5) is 0 Å². The molecule has 0 unspecified atom stereocenters. The first kappa shape index (κ1) is 20.0. The standard InChI is InChI=1S/C29H21N3O2/c30-28(31)19-8-6-17(7-9-19)16-32-29(33)21-11-13-23-25(15-21)27-24-14-20(18-4-2-1-3-5-18)10-12-22(24)26(23)34-27/h1-15H,16H2,(H3,30,31)(H,32,33). The smallest absolute Gasteiger partial charge is 0.251 e. The zero-order valence-electron chi connectivity index (χ0n) is 18.3. The van der Waals surface area contributed by atoms with Gasteiger partial charge in [-0.3, -0.25) is 10.2 Å². The van der Waals surface area contributed by atoms with Crippen molar-refractivity contribution in [3.63, 3.8) is 0 Å². The van der Waals surface area contributed by atoms with Crippen molar-refractivity contribution in [1.82, 2.24) is 5.32 Å². The van der Waals surface area contributed by atoms with E-state index in [0.29, 0.717) is 17.7 Å². The van der Waals surface area contributed by atoms with Crippen LogP contribution in [0.1, 0.15) is 21.5 Å². The van der Waals surface area contributed by atoms with Gasteiger partial charge in [0, 0.05) is 39.2 Å². The first-order chi connectivity index (χ1) is 16.6. The molecule has 1 amide bonds. The summed E-state index contributed by atoms with van der Waals surface area (Å²) < 4.78 is 6.17. The summed E-state index contributed by atoms with van der Waals surface area (Å²) in [4.78, 5) is 12.9. The Morgan fingerprint density at radius 1 is 0.735 bits per heavy atom. The van der Waals surface area contributed by atoms with Gasteiger partial charge in [0.25, 0.3) is 5.91 Å². The van der Waals surface area contributed by atoms with E-state index in [0.717, 1.165) is 49.4 Å². The Kier molecular flexibility index (Phi) is 4.56. The second-order valence-corrected chi connectivity index (χ2v) is 8.44. The van der Waals surface area contributed by atoms with E-state index in [2.05, 4.69) is 35.6 Å². The van der Waals surface area contributed by atoms with Crippen LogP contribution < -0.4 is 11.1 Å². The molecule has 6 rings (SSSR count). The summed E-state index contributed by atoms with van der Waals surface area (Å²) in [6.07, 6.45) is 0. The zero-order chi connectivity index (χ0) is 23.2. The number of carbonyl (C=O) groups excluding carboxylic acids is 1. The summed E-state index contributed by atoms with van der Waals surface area (Å²) >= 11 is 0. The number of hydrogen-bond donors (Lipinski definition) is 3. The van der Waals surface area contributed by atoms with E-state index in [9.17, 15) is 4.79 Å². The summed E-state index contributed by atoms with van der Waals surface area (Å²) in [5.74, 6) is -0.122. The number of benzene rings is 5. The summed E-state index contributed by atoms with van der Waals surface area (Å²) in [7, 11) is 0. The maximum Gasteiger partial charge on any atom is 0.251 e. The predicted molar refractivity (Wildman–Crippen MR) is 136 cm³/mol. The molecule has 0 aliphatic rings.